The van der Waals surface area contributed by atoms with Crippen LogP contribution in [0, 0.1) is 5.92 Å². The fourth-order valence-electron chi connectivity index (χ4n) is 3.78. The van der Waals surface area contributed by atoms with Gasteiger partial charge in [-0.2, -0.15) is 0 Å². The topological polar surface area (TPSA) is 24.5 Å². The van der Waals surface area contributed by atoms with Crippen LogP contribution in [0.1, 0.15) is 31.9 Å². The van der Waals surface area contributed by atoms with Crippen LogP contribution in [-0.2, 0) is 0 Å². The fraction of sp³-hybridized carbons (Fsp3) is 0.500. The van der Waals surface area contributed by atoms with Crippen molar-refractivity contribution in [1.29, 1.82) is 0 Å². The minimum absolute atomic E-state index is 0. The molecule has 0 aromatic heterocycles. The summed E-state index contributed by atoms with van der Waals surface area (Å²) >= 11 is 0. The van der Waals surface area contributed by atoms with E-state index in [2.05, 4.69) is 60.5 Å². The van der Waals surface area contributed by atoms with Crippen molar-refractivity contribution in [1.82, 2.24) is 10.2 Å². The van der Waals surface area contributed by atoms with Crippen LogP contribution < -0.4 is 10.1 Å². The molecule has 0 aliphatic carbocycles. The SMILES string of the molecule is CCC(C)[C@H](c1ccc(OC)c2ccccc12)N1CCNCC1.Cl.Cl. The third kappa shape index (κ3) is 4.59. The van der Waals surface area contributed by atoms with Crippen LogP contribution in [0.15, 0.2) is 36.4 Å². The summed E-state index contributed by atoms with van der Waals surface area (Å²) < 4.78 is 5.57. The van der Waals surface area contributed by atoms with Crippen molar-refractivity contribution in [2.45, 2.75) is 26.3 Å². The van der Waals surface area contributed by atoms with Crippen LogP contribution in [0.4, 0.5) is 0 Å². The van der Waals surface area contributed by atoms with Gasteiger partial charge in [0.25, 0.3) is 0 Å². The maximum absolute atomic E-state index is 5.57. The summed E-state index contributed by atoms with van der Waals surface area (Å²) in [5, 5.41) is 6.02. The Balaban J connectivity index is 0.00000156. The number of fused-ring (bicyclic) bond motifs is 1. The van der Waals surface area contributed by atoms with Crippen molar-refractivity contribution in [2.75, 3.05) is 33.3 Å². The number of nitrogens with zero attached hydrogens (tertiary/aromatic N) is 1. The van der Waals surface area contributed by atoms with Crippen molar-refractivity contribution < 1.29 is 4.74 Å². The first-order chi connectivity index (χ1) is 11.3. The minimum atomic E-state index is 0. The lowest BCUT2D eigenvalue weighted by molar-refractivity contribution is 0.129. The first-order valence-corrected chi connectivity index (χ1v) is 8.76. The van der Waals surface area contributed by atoms with Crippen LogP contribution in [0.5, 0.6) is 5.75 Å². The van der Waals surface area contributed by atoms with Crippen molar-refractivity contribution in [3.8, 4) is 5.75 Å². The highest BCUT2D eigenvalue weighted by molar-refractivity contribution is 5.91. The van der Waals surface area contributed by atoms with Gasteiger partial charge >= 0.3 is 0 Å². The highest BCUT2D eigenvalue weighted by atomic mass is 35.5. The van der Waals surface area contributed by atoms with Crippen LogP contribution in [0.25, 0.3) is 10.8 Å². The van der Waals surface area contributed by atoms with Crippen LogP contribution in [0.3, 0.4) is 0 Å². The van der Waals surface area contributed by atoms with E-state index in [1.807, 2.05) is 0 Å². The molecule has 2 atom stereocenters. The second-order valence-electron chi connectivity index (χ2n) is 6.52. The Morgan fingerprint density at radius 1 is 1.04 bits per heavy atom. The van der Waals surface area contributed by atoms with E-state index >= 15 is 0 Å². The number of hydrogen-bond donors (Lipinski definition) is 1. The summed E-state index contributed by atoms with van der Waals surface area (Å²) in [7, 11) is 1.75. The van der Waals surface area contributed by atoms with Gasteiger partial charge in [-0.25, -0.2) is 0 Å². The summed E-state index contributed by atoms with van der Waals surface area (Å²) in [6.45, 7) is 9.09. The van der Waals surface area contributed by atoms with Gasteiger partial charge in [0.05, 0.1) is 7.11 Å². The molecule has 140 valence electrons. The van der Waals surface area contributed by atoms with Crippen LogP contribution in [0.2, 0.25) is 0 Å². The summed E-state index contributed by atoms with van der Waals surface area (Å²) in [4.78, 5) is 2.65. The van der Waals surface area contributed by atoms with Gasteiger partial charge in [0.15, 0.2) is 0 Å². The summed E-state index contributed by atoms with van der Waals surface area (Å²) in [5.74, 6) is 1.59. The van der Waals surface area contributed by atoms with Gasteiger partial charge < -0.3 is 10.1 Å². The van der Waals surface area contributed by atoms with Gasteiger partial charge in [0.2, 0.25) is 0 Å². The third-order valence-corrected chi connectivity index (χ3v) is 5.18. The molecule has 0 radical (unpaired) electrons. The number of nitrogens with one attached hydrogen (secondary N) is 1. The molecular weight excluding hydrogens is 355 g/mol. The van der Waals surface area contributed by atoms with Crippen molar-refractivity contribution >= 4 is 35.6 Å². The fourth-order valence-corrected chi connectivity index (χ4v) is 3.78. The second-order valence-corrected chi connectivity index (χ2v) is 6.52. The Morgan fingerprint density at radius 3 is 2.28 bits per heavy atom. The quantitative estimate of drug-likeness (QED) is 0.809. The Bertz CT molecular complexity index is 659. The molecule has 2 aromatic rings. The first kappa shape index (κ1) is 22.0. The zero-order valence-electron chi connectivity index (χ0n) is 15.3. The van der Waals surface area contributed by atoms with Crippen molar-refractivity contribution in [2.24, 2.45) is 5.92 Å². The molecule has 0 spiro atoms. The van der Waals surface area contributed by atoms with Crippen molar-refractivity contribution in [3.63, 3.8) is 0 Å². The molecule has 0 saturated carbocycles. The number of benzene rings is 2. The number of rotatable bonds is 5. The Morgan fingerprint density at radius 2 is 1.68 bits per heavy atom. The average molecular weight is 385 g/mol. The molecule has 3 rings (SSSR count). The van der Waals surface area contributed by atoms with E-state index in [-0.39, 0.29) is 24.8 Å². The molecule has 1 heterocycles. The van der Waals surface area contributed by atoms with E-state index in [1.165, 1.54) is 22.8 Å². The Kier molecular flexibility index (Phi) is 9.01. The molecule has 1 unspecified atom stereocenters. The monoisotopic (exact) mass is 384 g/mol. The molecule has 0 amide bonds. The number of halogens is 2. The molecule has 1 aliphatic rings. The molecule has 3 nitrogen and oxygen atoms in total. The molecule has 1 saturated heterocycles. The summed E-state index contributed by atoms with van der Waals surface area (Å²) in [6.07, 6.45) is 1.19. The van der Waals surface area contributed by atoms with E-state index < -0.39 is 0 Å². The molecule has 1 N–H and O–H groups in total. The smallest absolute Gasteiger partial charge is 0.126 e. The lowest BCUT2D eigenvalue weighted by atomic mass is 9.87. The summed E-state index contributed by atoms with van der Waals surface area (Å²) in [5.41, 5.74) is 1.44. The van der Waals surface area contributed by atoms with Gasteiger partial charge in [0, 0.05) is 37.6 Å². The third-order valence-electron chi connectivity index (χ3n) is 5.18. The first-order valence-electron chi connectivity index (χ1n) is 8.76. The van der Waals surface area contributed by atoms with E-state index in [0.29, 0.717) is 12.0 Å². The molecule has 1 aliphatic heterocycles. The van der Waals surface area contributed by atoms with E-state index in [4.69, 9.17) is 4.74 Å². The molecule has 5 heteroatoms. The standard InChI is InChI=1S/C20H28N2O.2ClH/c1-4-15(2)20(22-13-11-21-12-14-22)18-9-10-19(23-3)17-8-6-5-7-16(17)18;;/h5-10,15,20-21H,4,11-14H2,1-3H3;2*1H/t15?,20-;;/m1../s1. The van der Waals surface area contributed by atoms with Crippen LogP contribution >= 0.6 is 24.8 Å². The number of piperazine rings is 1. The lowest BCUT2D eigenvalue weighted by Crippen LogP contribution is -2.46. The minimum Gasteiger partial charge on any atom is -0.496 e. The maximum atomic E-state index is 5.57. The average Bonchev–Trinajstić information content (AvgIpc) is 2.62. The molecular formula is C20H30Cl2N2O. The maximum Gasteiger partial charge on any atom is 0.126 e. The van der Waals surface area contributed by atoms with Gasteiger partial charge in [0.1, 0.15) is 5.75 Å². The molecule has 2 aromatic carbocycles. The molecule has 25 heavy (non-hydrogen) atoms. The normalized spacial score (nSPS) is 17.2. The van der Waals surface area contributed by atoms with Gasteiger partial charge in [-0.15, -0.1) is 24.8 Å². The summed E-state index contributed by atoms with van der Waals surface area (Å²) in [6, 6.07) is 13.5. The number of methoxy groups -OCH3 is 1. The van der Waals surface area contributed by atoms with Gasteiger partial charge in [-0.05, 0) is 22.9 Å². The number of hydrogen-bond acceptors (Lipinski definition) is 3. The predicted octanol–water partition coefficient (Wildman–Crippen LogP) is 4.68. The second kappa shape index (κ2) is 10.2. The van der Waals surface area contributed by atoms with E-state index in [1.54, 1.807) is 7.11 Å². The van der Waals surface area contributed by atoms with Crippen LogP contribution in [-0.4, -0.2) is 38.2 Å². The largest absolute Gasteiger partial charge is 0.496 e. The molecule has 0 bridgehead atoms. The Hall–Kier alpha value is -1.000. The van der Waals surface area contributed by atoms with Gasteiger partial charge in [-0.3, -0.25) is 4.90 Å². The van der Waals surface area contributed by atoms with E-state index in [0.717, 1.165) is 31.9 Å². The van der Waals surface area contributed by atoms with Gasteiger partial charge in [-0.1, -0.05) is 50.6 Å². The highest BCUT2D eigenvalue weighted by Gasteiger charge is 2.28. The predicted molar refractivity (Wildman–Crippen MR) is 112 cm³/mol. The van der Waals surface area contributed by atoms with Crippen molar-refractivity contribution in [3.05, 3.63) is 42.0 Å². The number of ether oxygens (including phenoxy) is 1. The zero-order valence-corrected chi connectivity index (χ0v) is 17.0. The zero-order chi connectivity index (χ0) is 16.2. The molecule has 1 fully saturated rings. The lowest BCUT2D eigenvalue weighted by Gasteiger charge is -2.39. The van der Waals surface area contributed by atoms with E-state index in [9.17, 15) is 0 Å². The highest BCUT2D eigenvalue weighted by Crippen LogP contribution is 2.38. The Labute approximate surface area is 163 Å².